The third kappa shape index (κ3) is 1.94. The summed E-state index contributed by atoms with van der Waals surface area (Å²) in [5.41, 5.74) is 0.133. The molecule has 0 fully saturated rings. The summed E-state index contributed by atoms with van der Waals surface area (Å²) >= 11 is 5.65. The molecule has 6 heteroatoms. The standard InChI is InChI=1S/C13H8ClN3O2/c14-11-7-12(18)17(13(19)16-11)10-5-1-4-9-8(10)3-2-6-15-9/h1-7H,(H,16,19). The first-order chi connectivity index (χ1) is 9.16. The van der Waals surface area contributed by atoms with Crippen molar-refractivity contribution < 1.29 is 0 Å². The molecule has 2 aromatic heterocycles. The molecule has 0 unspecified atom stereocenters. The van der Waals surface area contributed by atoms with E-state index in [9.17, 15) is 9.59 Å². The van der Waals surface area contributed by atoms with Crippen LogP contribution in [0, 0.1) is 0 Å². The predicted octanol–water partition coefficient (Wildman–Crippen LogP) is 1.73. The van der Waals surface area contributed by atoms with Gasteiger partial charge in [0, 0.05) is 17.6 Å². The lowest BCUT2D eigenvalue weighted by Crippen LogP contribution is -2.33. The minimum Gasteiger partial charge on any atom is -0.297 e. The number of benzene rings is 1. The van der Waals surface area contributed by atoms with Gasteiger partial charge in [0.25, 0.3) is 5.56 Å². The summed E-state index contributed by atoms with van der Waals surface area (Å²) in [6.07, 6.45) is 1.65. The number of hydrogen-bond acceptors (Lipinski definition) is 3. The maximum Gasteiger partial charge on any atom is 0.334 e. The molecule has 3 rings (SSSR count). The third-order valence-electron chi connectivity index (χ3n) is 2.76. The van der Waals surface area contributed by atoms with Crippen LogP contribution in [0.1, 0.15) is 0 Å². The van der Waals surface area contributed by atoms with Gasteiger partial charge in [-0.1, -0.05) is 17.7 Å². The van der Waals surface area contributed by atoms with Crippen LogP contribution in [0.25, 0.3) is 16.6 Å². The van der Waals surface area contributed by atoms with Crippen LogP contribution in [0.15, 0.2) is 52.2 Å². The molecular formula is C13H8ClN3O2. The molecular weight excluding hydrogens is 266 g/mol. The maximum absolute atomic E-state index is 11.9. The number of fused-ring (bicyclic) bond motifs is 1. The molecule has 1 N–H and O–H groups in total. The van der Waals surface area contributed by atoms with Crippen molar-refractivity contribution in [2.45, 2.75) is 0 Å². The van der Waals surface area contributed by atoms with E-state index >= 15 is 0 Å². The van der Waals surface area contributed by atoms with Crippen molar-refractivity contribution in [3.8, 4) is 5.69 Å². The van der Waals surface area contributed by atoms with Crippen molar-refractivity contribution in [3.05, 3.63) is 68.6 Å². The van der Waals surface area contributed by atoms with Gasteiger partial charge in [-0.15, -0.1) is 0 Å². The van der Waals surface area contributed by atoms with E-state index < -0.39 is 11.2 Å². The second kappa shape index (κ2) is 4.37. The zero-order valence-electron chi connectivity index (χ0n) is 9.63. The SMILES string of the molecule is O=c1cc(Cl)[nH]c(=O)n1-c1cccc2ncccc12. The van der Waals surface area contributed by atoms with Gasteiger partial charge in [-0.25, -0.2) is 9.36 Å². The fourth-order valence-corrected chi connectivity index (χ4v) is 2.15. The first-order valence-corrected chi connectivity index (χ1v) is 5.90. The number of aromatic amines is 1. The molecule has 0 radical (unpaired) electrons. The number of hydrogen-bond donors (Lipinski definition) is 1. The number of nitrogens with zero attached hydrogens (tertiary/aromatic N) is 2. The summed E-state index contributed by atoms with van der Waals surface area (Å²) in [6.45, 7) is 0. The Labute approximate surface area is 112 Å². The van der Waals surface area contributed by atoms with Crippen LogP contribution in [0.2, 0.25) is 5.15 Å². The van der Waals surface area contributed by atoms with Gasteiger partial charge in [-0.2, -0.15) is 0 Å². The van der Waals surface area contributed by atoms with Crippen molar-refractivity contribution in [3.63, 3.8) is 0 Å². The van der Waals surface area contributed by atoms with E-state index in [-0.39, 0.29) is 5.15 Å². The van der Waals surface area contributed by atoms with Crippen LogP contribution in [0.3, 0.4) is 0 Å². The minimum absolute atomic E-state index is 0.0182. The molecule has 0 saturated heterocycles. The van der Waals surface area contributed by atoms with E-state index in [0.717, 1.165) is 16.0 Å². The smallest absolute Gasteiger partial charge is 0.297 e. The Morgan fingerprint density at radius 3 is 2.79 bits per heavy atom. The molecule has 0 aliphatic heterocycles. The molecule has 5 nitrogen and oxygen atoms in total. The fraction of sp³-hybridized carbons (Fsp3) is 0. The molecule has 19 heavy (non-hydrogen) atoms. The number of halogens is 1. The summed E-state index contributed by atoms with van der Waals surface area (Å²) in [5.74, 6) is 0. The van der Waals surface area contributed by atoms with Gasteiger partial charge < -0.3 is 0 Å². The Kier molecular flexibility index (Phi) is 2.68. The average Bonchev–Trinajstić information content (AvgIpc) is 2.38. The topological polar surface area (TPSA) is 67.8 Å². The van der Waals surface area contributed by atoms with Crippen LogP contribution >= 0.6 is 11.6 Å². The number of pyridine rings is 1. The maximum atomic E-state index is 11.9. The largest absolute Gasteiger partial charge is 0.334 e. The number of nitrogens with one attached hydrogen (secondary N) is 1. The molecule has 0 bridgehead atoms. The first-order valence-electron chi connectivity index (χ1n) is 5.53. The Balaban J connectivity index is 2.44. The molecule has 1 aromatic carbocycles. The number of rotatable bonds is 1. The van der Waals surface area contributed by atoms with Crippen LogP contribution < -0.4 is 11.2 Å². The van der Waals surface area contributed by atoms with Crippen LogP contribution in [0.5, 0.6) is 0 Å². The van der Waals surface area contributed by atoms with Crippen molar-refractivity contribution in [1.82, 2.24) is 14.5 Å². The van der Waals surface area contributed by atoms with Gasteiger partial charge in [0.05, 0.1) is 11.2 Å². The highest BCUT2D eigenvalue weighted by atomic mass is 35.5. The lowest BCUT2D eigenvalue weighted by molar-refractivity contribution is 0.882. The Hall–Kier alpha value is -2.40. The van der Waals surface area contributed by atoms with E-state index in [4.69, 9.17) is 11.6 Å². The minimum atomic E-state index is -0.575. The second-order valence-electron chi connectivity index (χ2n) is 3.94. The molecule has 0 saturated carbocycles. The van der Waals surface area contributed by atoms with E-state index in [2.05, 4.69) is 9.97 Å². The summed E-state index contributed by atoms with van der Waals surface area (Å²) in [7, 11) is 0. The lowest BCUT2D eigenvalue weighted by atomic mass is 10.2. The van der Waals surface area contributed by atoms with Crippen LogP contribution in [-0.2, 0) is 0 Å². The zero-order valence-corrected chi connectivity index (χ0v) is 10.4. The quantitative estimate of drug-likeness (QED) is 0.687. The molecule has 0 aliphatic carbocycles. The Bertz CT molecular complexity index is 846. The summed E-state index contributed by atoms with van der Waals surface area (Å²) in [5, 5.41) is 0.740. The highest BCUT2D eigenvalue weighted by molar-refractivity contribution is 6.29. The summed E-state index contributed by atoms with van der Waals surface area (Å²) in [6, 6.07) is 9.96. The fourth-order valence-electron chi connectivity index (χ4n) is 1.98. The van der Waals surface area contributed by atoms with E-state index in [1.807, 2.05) is 6.07 Å². The lowest BCUT2D eigenvalue weighted by Gasteiger charge is -2.07. The predicted molar refractivity (Wildman–Crippen MR) is 73.0 cm³/mol. The van der Waals surface area contributed by atoms with Gasteiger partial charge in [-0.3, -0.25) is 14.8 Å². The monoisotopic (exact) mass is 273 g/mol. The summed E-state index contributed by atoms with van der Waals surface area (Å²) in [4.78, 5) is 30.4. The van der Waals surface area contributed by atoms with Gasteiger partial charge in [-0.05, 0) is 24.3 Å². The Morgan fingerprint density at radius 1 is 1.16 bits per heavy atom. The van der Waals surface area contributed by atoms with Crippen molar-refractivity contribution >= 4 is 22.5 Å². The number of H-pyrrole nitrogens is 1. The molecule has 0 spiro atoms. The van der Waals surface area contributed by atoms with Gasteiger partial charge >= 0.3 is 5.69 Å². The highest BCUT2D eigenvalue weighted by Gasteiger charge is 2.09. The van der Waals surface area contributed by atoms with Gasteiger partial charge in [0.15, 0.2) is 0 Å². The molecule has 94 valence electrons. The third-order valence-corrected chi connectivity index (χ3v) is 2.97. The molecule has 0 aliphatic rings. The highest BCUT2D eigenvalue weighted by Crippen LogP contribution is 2.18. The van der Waals surface area contributed by atoms with Crippen molar-refractivity contribution in [2.24, 2.45) is 0 Å². The number of aromatic nitrogens is 3. The normalized spacial score (nSPS) is 10.8. The summed E-state index contributed by atoms with van der Waals surface area (Å²) < 4.78 is 1.04. The second-order valence-corrected chi connectivity index (χ2v) is 4.35. The Morgan fingerprint density at radius 2 is 2.00 bits per heavy atom. The molecule has 0 atom stereocenters. The van der Waals surface area contributed by atoms with Gasteiger partial charge in [0.1, 0.15) is 5.15 Å². The van der Waals surface area contributed by atoms with Crippen LogP contribution in [0.4, 0.5) is 0 Å². The van der Waals surface area contributed by atoms with Crippen LogP contribution in [-0.4, -0.2) is 14.5 Å². The molecule has 0 amide bonds. The molecule has 2 heterocycles. The van der Waals surface area contributed by atoms with Crippen molar-refractivity contribution in [2.75, 3.05) is 0 Å². The van der Waals surface area contributed by atoms with E-state index in [0.29, 0.717) is 11.2 Å². The zero-order chi connectivity index (χ0) is 13.4. The van der Waals surface area contributed by atoms with Crippen molar-refractivity contribution in [1.29, 1.82) is 0 Å². The van der Waals surface area contributed by atoms with Gasteiger partial charge in [0.2, 0.25) is 0 Å². The molecule has 3 aromatic rings. The first kappa shape index (κ1) is 11.7. The van der Waals surface area contributed by atoms with E-state index in [1.54, 1.807) is 30.5 Å². The van der Waals surface area contributed by atoms with E-state index in [1.165, 1.54) is 0 Å². The average molecular weight is 274 g/mol.